The van der Waals surface area contributed by atoms with Crippen molar-refractivity contribution in [3.63, 3.8) is 0 Å². The molecule has 1 fully saturated rings. The molecule has 0 radical (unpaired) electrons. The van der Waals surface area contributed by atoms with Crippen molar-refractivity contribution < 1.29 is 14.2 Å². The van der Waals surface area contributed by atoms with Crippen LogP contribution >= 0.6 is 27.5 Å². The van der Waals surface area contributed by atoms with E-state index in [1.807, 2.05) is 29.7 Å². The standard InChI is InChI=1S/C18H22BrClN5O2/c1-10(8-21-13-7-12(20)6-5-11(13)2)9-25-14-15(22-17(25)19)23(3)18(27)24(4)16(14)26/h5-7,10,14,21H,8-9H2,1-4H3/q+1. The largest absolute Gasteiger partial charge is 0.384 e. The lowest BCUT2D eigenvalue weighted by atomic mass is 10.1. The van der Waals surface area contributed by atoms with Crippen LogP contribution in [0.15, 0.2) is 23.2 Å². The van der Waals surface area contributed by atoms with E-state index in [0.717, 1.165) is 16.2 Å². The van der Waals surface area contributed by atoms with Gasteiger partial charge < -0.3 is 5.32 Å². The topological polar surface area (TPSA) is 68.0 Å². The highest BCUT2D eigenvalue weighted by Crippen LogP contribution is 2.23. The molecular formula is C18H22BrClN5O2+. The lowest BCUT2D eigenvalue weighted by Crippen LogP contribution is -2.61. The zero-order valence-corrected chi connectivity index (χ0v) is 18.0. The van der Waals surface area contributed by atoms with E-state index in [0.29, 0.717) is 28.7 Å². The van der Waals surface area contributed by atoms with Gasteiger partial charge in [-0.05, 0) is 29.6 Å². The van der Waals surface area contributed by atoms with Crippen LogP contribution in [0.1, 0.15) is 12.5 Å². The molecule has 1 N–H and O–H groups in total. The maximum Gasteiger partial charge on any atom is 0.364 e. The van der Waals surface area contributed by atoms with Gasteiger partial charge in [-0.3, -0.25) is 14.6 Å². The van der Waals surface area contributed by atoms with Gasteiger partial charge in [0.1, 0.15) is 0 Å². The van der Waals surface area contributed by atoms with Gasteiger partial charge in [-0.15, -0.1) is 0 Å². The number of halogens is 2. The molecule has 27 heavy (non-hydrogen) atoms. The molecule has 1 saturated heterocycles. The van der Waals surface area contributed by atoms with Crippen molar-refractivity contribution in [1.29, 1.82) is 0 Å². The highest BCUT2D eigenvalue weighted by Gasteiger charge is 2.52. The Bertz CT molecular complexity index is 869. The number of anilines is 1. The van der Waals surface area contributed by atoms with E-state index >= 15 is 0 Å². The van der Waals surface area contributed by atoms with Crippen LogP contribution in [0.25, 0.3) is 0 Å². The van der Waals surface area contributed by atoms with Crippen molar-refractivity contribution in [2.24, 2.45) is 10.9 Å². The molecule has 0 aliphatic carbocycles. The molecule has 2 aliphatic heterocycles. The summed E-state index contributed by atoms with van der Waals surface area (Å²) in [6.45, 7) is 5.43. The molecule has 0 bridgehead atoms. The smallest absolute Gasteiger partial charge is 0.364 e. The summed E-state index contributed by atoms with van der Waals surface area (Å²) in [6, 6.07) is 4.79. The van der Waals surface area contributed by atoms with E-state index in [2.05, 4.69) is 33.2 Å². The van der Waals surface area contributed by atoms with Gasteiger partial charge in [0.25, 0.3) is 17.8 Å². The molecular weight excluding hydrogens is 434 g/mol. The second-order valence-electron chi connectivity index (χ2n) is 6.98. The number of likely N-dealkylation sites (N-methyl/N-ethyl adjacent to an activating group) is 2. The average molecular weight is 456 g/mol. The maximum absolute atomic E-state index is 12.7. The molecule has 2 atom stereocenters. The fourth-order valence-electron chi connectivity index (χ4n) is 3.22. The van der Waals surface area contributed by atoms with Crippen molar-refractivity contribution in [3.05, 3.63) is 28.8 Å². The summed E-state index contributed by atoms with van der Waals surface area (Å²) in [5, 5.41) is 4.11. The summed E-state index contributed by atoms with van der Waals surface area (Å²) >= 11 is 9.52. The molecule has 0 aromatic heterocycles. The van der Waals surface area contributed by atoms with E-state index in [1.54, 1.807) is 7.05 Å². The van der Waals surface area contributed by atoms with Crippen LogP contribution in [0.2, 0.25) is 5.02 Å². The Morgan fingerprint density at radius 1 is 1.33 bits per heavy atom. The molecule has 2 unspecified atom stereocenters. The molecule has 0 spiro atoms. The number of amides is 3. The normalized spacial score (nSPS) is 20.8. The zero-order chi connectivity index (χ0) is 19.9. The van der Waals surface area contributed by atoms with Crippen LogP contribution in [-0.2, 0) is 4.79 Å². The number of nitrogens with one attached hydrogen (secondary N) is 1. The molecule has 2 aliphatic rings. The zero-order valence-electron chi connectivity index (χ0n) is 15.7. The number of amidine groups is 2. The molecule has 1 aromatic rings. The fourth-order valence-corrected chi connectivity index (χ4v) is 3.92. The number of urea groups is 1. The number of fused-ring (bicyclic) bond motifs is 1. The number of carbonyl (C=O) groups excluding carboxylic acids is 2. The molecule has 9 heteroatoms. The summed E-state index contributed by atoms with van der Waals surface area (Å²) in [6.07, 6.45) is 0. The number of nitrogens with zero attached hydrogens (tertiary/aromatic N) is 4. The van der Waals surface area contributed by atoms with Crippen LogP contribution in [0.4, 0.5) is 10.5 Å². The van der Waals surface area contributed by atoms with Crippen molar-refractivity contribution in [2.75, 3.05) is 32.5 Å². The van der Waals surface area contributed by atoms with Gasteiger partial charge in [-0.25, -0.2) is 9.37 Å². The maximum atomic E-state index is 12.7. The van der Waals surface area contributed by atoms with Crippen molar-refractivity contribution in [2.45, 2.75) is 19.9 Å². The van der Waals surface area contributed by atoms with Gasteiger partial charge in [0.05, 0.1) is 22.5 Å². The van der Waals surface area contributed by atoms with Crippen molar-refractivity contribution >= 4 is 55.7 Å². The molecule has 7 nitrogen and oxygen atoms in total. The highest BCUT2D eigenvalue weighted by molar-refractivity contribution is 9.18. The third kappa shape index (κ3) is 3.73. The molecule has 1 aromatic carbocycles. The van der Waals surface area contributed by atoms with Crippen LogP contribution in [0.3, 0.4) is 0 Å². The van der Waals surface area contributed by atoms with E-state index in [9.17, 15) is 9.59 Å². The first-order valence-electron chi connectivity index (χ1n) is 8.63. The van der Waals surface area contributed by atoms with Crippen molar-refractivity contribution in [3.8, 4) is 0 Å². The van der Waals surface area contributed by atoms with Crippen molar-refractivity contribution in [1.82, 2.24) is 9.80 Å². The summed E-state index contributed by atoms with van der Waals surface area (Å²) < 4.78 is 2.46. The predicted molar refractivity (Wildman–Crippen MR) is 110 cm³/mol. The molecule has 2 heterocycles. The minimum atomic E-state index is -0.581. The van der Waals surface area contributed by atoms with E-state index in [4.69, 9.17) is 11.6 Å². The highest BCUT2D eigenvalue weighted by atomic mass is 79.9. The lowest BCUT2D eigenvalue weighted by molar-refractivity contribution is -0.538. The van der Waals surface area contributed by atoms with Gasteiger partial charge in [0.2, 0.25) is 0 Å². The van der Waals surface area contributed by atoms with Crippen LogP contribution < -0.4 is 5.32 Å². The first-order chi connectivity index (χ1) is 12.7. The minimum absolute atomic E-state index is 0.214. The van der Waals surface area contributed by atoms with Crippen LogP contribution in [0, 0.1) is 12.8 Å². The van der Waals surface area contributed by atoms with E-state index < -0.39 is 6.04 Å². The number of rotatable bonds is 5. The summed E-state index contributed by atoms with van der Waals surface area (Å²) in [5.41, 5.74) is 2.12. The number of benzene rings is 1. The fraction of sp³-hybridized carbons (Fsp3) is 0.444. The van der Waals surface area contributed by atoms with E-state index in [-0.39, 0.29) is 17.9 Å². The van der Waals surface area contributed by atoms with Crippen LogP contribution in [-0.4, -0.2) is 70.1 Å². The molecule has 144 valence electrons. The Morgan fingerprint density at radius 3 is 2.74 bits per heavy atom. The first-order valence-corrected chi connectivity index (χ1v) is 9.80. The van der Waals surface area contributed by atoms with E-state index in [1.165, 1.54) is 11.9 Å². The summed E-state index contributed by atoms with van der Waals surface area (Å²) in [5.74, 6) is 0.407. The monoisotopic (exact) mass is 454 g/mol. The second-order valence-corrected chi connectivity index (χ2v) is 8.12. The molecule has 3 amide bonds. The van der Waals surface area contributed by atoms with Gasteiger partial charge in [-0.1, -0.05) is 24.6 Å². The number of aryl methyl sites for hydroxylation is 1. The number of hydrogen-bond donors (Lipinski definition) is 1. The van der Waals surface area contributed by atoms with Crippen LogP contribution in [0.5, 0.6) is 0 Å². The average Bonchev–Trinajstić information content (AvgIpc) is 2.95. The minimum Gasteiger partial charge on any atom is -0.384 e. The quantitative estimate of drug-likeness (QED) is 0.548. The SMILES string of the molecule is Cc1ccc(Cl)cc1NCC(C)C[N+]1=C(Br)N=C2C1C(=O)N(C)C(=O)N2C. The third-order valence-electron chi connectivity index (χ3n) is 4.83. The molecule has 3 rings (SSSR count). The third-order valence-corrected chi connectivity index (χ3v) is 5.70. The number of aliphatic imine (C=N–C) groups is 1. The summed E-state index contributed by atoms with van der Waals surface area (Å²) in [7, 11) is 3.13. The van der Waals surface area contributed by atoms with Gasteiger partial charge in [0.15, 0.2) is 0 Å². The molecule has 0 saturated carbocycles. The Labute approximate surface area is 171 Å². The number of hydrogen-bond acceptors (Lipinski definition) is 4. The Morgan fingerprint density at radius 2 is 2.04 bits per heavy atom. The predicted octanol–water partition coefficient (Wildman–Crippen LogP) is 2.76. The lowest BCUT2D eigenvalue weighted by Gasteiger charge is -2.31. The Hall–Kier alpha value is -1.93. The van der Waals surface area contributed by atoms with Gasteiger partial charge >= 0.3 is 10.8 Å². The first kappa shape index (κ1) is 19.8. The second kappa shape index (κ2) is 7.59. The number of imide groups is 1. The Balaban J connectivity index is 1.70. The number of carbonyl (C=O) groups is 2. The Kier molecular flexibility index (Phi) is 5.58. The summed E-state index contributed by atoms with van der Waals surface area (Å²) in [4.78, 5) is 31.7. The van der Waals surface area contributed by atoms with Gasteiger partial charge in [0, 0.05) is 37.3 Å². The van der Waals surface area contributed by atoms with Gasteiger partial charge in [-0.2, -0.15) is 0 Å².